The van der Waals surface area contributed by atoms with Gasteiger partial charge in [-0.3, -0.25) is 9.48 Å². The third-order valence-electron chi connectivity index (χ3n) is 3.38. The molecule has 0 spiro atoms. The van der Waals surface area contributed by atoms with E-state index in [4.69, 9.17) is 5.11 Å². The highest BCUT2D eigenvalue weighted by Gasteiger charge is 2.43. The molecule has 0 bridgehead atoms. The molecule has 1 aromatic rings. The number of carboxylic acid groups (broad SMARTS) is 1. The molecule has 0 unspecified atom stereocenters. The standard InChI is InChI=1S/C11H17N3O2/c1-14-9(4-8-13-14)3-7-12-11(10(15)16)5-2-6-11/h4,8,12H,2-3,5-7H2,1H3,(H,15,16). The van der Waals surface area contributed by atoms with Gasteiger partial charge in [-0.1, -0.05) is 0 Å². The van der Waals surface area contributed by atoms with Gasteiger partial charge in [0, 0.05) is 31.9 Å². The molecule has 2 N–H and O–H groups in total. The van der Waals surface area contributed by atoms with Crippen molar-refractivity contribution in [3.63, 3.8) is 0 Å². The highest BCUT2D eigenvalue weighted by molar-refractivity contribution is 5.79. The highest BCUT2D eigenvalue weighted by atomic mass is 16.4. The van der Waals surface area contributed by atoms with E-state index < -0.39 is 11.5 Å². The van der Waals surface area contributed by atoms with Gasteiger partial charge in [-0.2, -0.15) is 5.10 Å². The van der Waals surface area contributed by atoms with Crippen LogP contribution in [0.2, 0.25) is 0 Å². The Balaban J connectivity index is 1.84. The number of carboxylic acids is 1. The summed E-state index contributed by atoms with van der Waals surface area (Å²) in [4.78, 5) is 11.1. The van der Waals surface area contributed by atoms with Crippen molar-refractivity contribution in [2.45, 2.75) is 31.2 Å². The first-order valence-corrected chi connectivity index (χ1v) is 5.59. The van der Waals surface area contributed by atoms with Crippen LogP contribution in [0.3, 0.4) is 0 Å². The van der Waals surface area contributed by atoms with Gasteiger partial charge in [0.25, 0.3) is 0 Å². The molecule has 5 nitrogen and oxygen atoms in total. The molecule has 1 saturated carbocycles. The quantitative estimate of drug-likeness (QED) is 0.765. The normalized spacial score (nSPS) is 18.1. The first-order chi connectivity index (χ1) is 7.64. The number of aryl methyl sites for hydroxylation is 1. The number of nitrogens with zero attached hydrogens (tertiary/aromatic N) is 2. The Bertz CT molecular complexity index is 382. The fourth-order valence-electron chi connectivity index (χ4n) is 2.07. The molecule has 1 aromatic heterocycles. The highest BCUT2D eigenvalue weighted by Crippen LogP contribution is 2.31. The predicted molar refractivity (Wildman–Crippen MR) is 59.1 cm³/mol. The Labute approximate surface area is 94.5 Å². The van der Waals surface area contributed by atoms with Gasteiger partial charge in [-0.15, -0.1) is 0 Å². The molecule has 1 heterocycles. The van der Waals surface area contributed by atoms with Gasteiger partial charge in [-0.25, -0.2) is 0 Å². The fraction of sp³-hybridized carbons (Fsp3) is 0.636. The van der Waals surface area contributed by atoms with Crippen LogP contribution in [0.15, 0.2) is 12.3 Å². The maximum Gasteiger partial charge on any atom is 0.323 e. The van der Waals surface area contributed by atoms with Crippen molar-refractivity contribution in [1.82, 2.24) is 15.1 Å². The summed E-state index contributed by atoms with van der Waals surface area (Å²) in [7, 11) is 1.89. The number of hydrogen-bond donors (Lipinski definition) is 2. The third kappa shape index (κ3) is 1.95. The van der Waals surface area contributed by atoms with E-state index in [1.807, 2.05) is 17.8 Å². The molecular weight excluding hydrogens is 206 g/mol. The molecular formula is C11H17N3O2. The second-order valence-electron chi connectivity index (χ2n) is 4.36. The van der Waals surface area contributed by atoms with Crippen molar-refractivity contribution in [1.29, 1.82) is 0 Å². The lowest BCUT2D eigenvalue weighted by atomic mass is 9.77. The van der Waals surface area contributed by atoms with Crippen LogP contribution in [0.25, 0.3) is 0 Å². The second kappa shape index (κ2) is 4.25. The van der Waals surface area contributed by atoms with Crippen molar-refractivity contribution < 1.29 is 9.90 Å². The van der Waals surface area contributed by atoms with E-state index in [-0.39, 0.29) is 0 Å². The number of nitrogens with one attached hydrogen (secondary N) is 1. The molecule has 16 heavy (non-hydrogen) atoms. The Kier molecular flexibility index (Phi) is 2.96. The van der Waals surface area contributed by atoms with Gasteiger partial charge in [-0.05, 0) is 25.3 Å². The minimum Gasteiger partial charge on any atom is -0.480 e. The zero-order chi connectivity index (χ0) is 11.6. The Morgan fingerprint density at radius 3 is 2.88 bits per heavy atom. The first-order valence-electron chi connectivity index (χ1n) is 5.59. The summed E-state index contributed by atoms with van der Waals surface area (Å²) in [6, 6.07) is 1.95. The average molecular weight is 223 g/mol. The van der Waals surface area contributed by atoms with Gasteiger partial charge >= 0.3 is 5.97 Å². The number of aliphatic carboxylic acids is 1. The second-order valence-corrected chi connectivity index (χ2v) is 4.36. The summed E-state index contributed by atoms with van der Waals surface area (Å²) in [6.07, 6.45) is 5.06. The Morgan fingerprint density at radius 2 is 2.44 bits per heavy atom. The molecule has 0 radical (unpaired) electrons. The van der Waals surface area contributed by atoms with Crippen molar-refractivity contribution in [3.05, 3.63) is 18.0 Å². The molecule has 88 valence electrons. The van der Waals surface area contributed by atoms with Crippen LogP contribution >= 0.6 is 0 Å². The molecule has 1 fully saturated rings. The molecule has 5 heteroatoms. The zero-order valence-corrected chi connectivity index (χ0v) is 9.44. The van der Waals surface area contributed by atoms with E-state index in [9.17, 15) is 4.79 Å². The summed E-state index contributed by atoms with van der Waals surface area (Å²) in [5.41, 5.74) is 0.464. The average Bonchev–Trinajstić information content (AvgIpc) is 2.55. The maximum atomic E-state index is 11.1. The molecule has 0 aliphatic heterocycles. The molecule has 0 atom stereocenters. The van der Waals surface area contributed by atoms with Gasteiger partial charge < -0.3 is 10.4 Å². The molecule has 0 aromatic carbocycles. The minimum atomic E-state index is -0.719. The summed E-state index contributed by atoms with van der Waals surface area (Å²) in [5, 5.41) is 16.3. The number of hydrogen-bond acceptors (Lipinski definition) is 3. The van der Waals surface area contributed by atoms with Gasteiger partial charge in [0.05, 0.1) is 0 Å². The van der Waals surface area contributed by atoms with E-state index in [2.05, 4.69) is 10.4 Å². The largest absolute Gasteiger partial charge is 0.480 e. The lowest BCUT2D eigenvalue weighted by Gasteiger charge is -2.38. The van der Waals surface area contributed by atoms with Crippen LogP contribution in [0.1, 0.15) is 25.0 Å². The van der Waals surface area contributed by atoms with Crippen LogP contribution in [-0.4, -0.2) is 32.9 Å². The molecule has 0 amide bonds. The molecule has 1 aliphatic rings. The Hall–Kier alpha value is -1.36. The zero-order valence-electron chi connectivity index (χ0n) is 9.44. The number of carbonyl (C=O) groups is 1. The van der Waals surface area contributed by atoms with Crippen LogP contribution in [-0.2, 0) is 18.3 Å². The Morgan fingerprint density at radius 1 is 1.69 bits per heavy atom. The molecule has 0 saturated heterocycles. The summed E-state index contributed by atoms with van der Waals surface area (Å²) in [6.45, 7) is 0.686. The van der Waals surface area contributed by atoms with Crippen LogP contribution in [0.4, 0.5) is 0 Å². The maximum absolute atomic E-state index is 11.1. The third-order valence-corrected chi connectivity index (χ3v) is 3.38. The summed E-state index contributed by atoms with van der Waals surface area (Å²) >= 11 is 0. The SMILES string of the molecule is Cn1nccc1CCNC1(C(=O)O)CCC1. The smallest absolute Gasteiger partial charge is 0.323 e. The molecule has 2 rings (SSSR count). The van der Waals surface area contributed by atoms with E-state index >= 15 is 0 Å². The van der Waals surface area contributed by atoms with Gasteiger partial charge in [0.1, 0.15) is 5.54 Å². The lowest BCUT2D eigenvalue weighted by Crippen LogP contribution is -2.57. The predicted octanol–water partition coefficient (Wildman–Crippen LogP) is 0.559. The van der Waals surface area contributed by atoms with Crippen LogP contribution < -0.4 is 5.32 Å². The van der Waals surface area contributed by atoms with E-state index in [1.165, 1.54) is 0 Å². The van der Waals surface area contributed by atoms with E-state index in [0.29, 0.717) is 6.54 Å². The molecule has 1 aliphatic carbocycles. The van der Waals surface area contributed by atoms with Crippen LogP contribution in [0, 0.1) is 0 Å². The van der Waals surface area contributed by atoms with Crippen LogP contribution in [0.5, 0.6) is 0 Å². The lowest BCUT2D eigenvalue weighted by molar-refractivity contribution is -0.148. The number of aromatic nitrogens is 2. The van der Waals surface area contributed by atoms with Gasteiger partial charge in [0.15, 0.2) is 0 Å². The minimum absolute atomic E-state index is 0.654. The summed E-state index contributed by atoms with van der Waals surface area (Å²) in [5.74, 6) is -0.719. The van der Waals surface area contributed by atoms with E-state index in [1.54, 1.807) is 6.20 Å². The van der Waals surface area contributed by atoms with Gasteiger partial charge in [0.2, 0.25) is 0 Å². The van der Waals surface area contributed by atoms with E-state index in [0.717, 1.165) is 31.4 Å². The first kappa shape index (κ1) is 11.1. The monoisotopic (exact) mass is 223 g/mol. The van der Waals surface area contributed by atoms with Crippen molar-refractivity contribution >= 4 is 5.97 Å². The fourth-order valence-corrected chi connectivity index (χ4v) is 2.07. The topological polar surface area (TPSA) is 67.2 Å². The van der Waals surface area contributed by atoms with Crippen molar-refractivity contribution in [3.8, 4) is 0 Å². The number of rotatable bonds is 5. The van der Waals surface area contributed by atoms with Crippen molar-refractivity contribution in [2.24, 2.45) is 7.05 Å². The summed E-state index contributed by atoms with van der Waals surface area (Å²) < 4.78 is 1.82. The van der Waals surface area contributed by atoms with Crippen molar-refractivity contribution in [2.75, 3.05) is 6.54 Å².